The van der Waals surface area contributed by atoms with Crippen molar-refractivity contribution in [3.8, 4) is 5.88 Å². The average Bonchev–Trinajstić information content (AvgIpc) is 2.55. The van der Waals surface area contributed by atoms with E-state index in [-0.39, 0.29) is 29.2 Å². The third-order valence-corrected chi connectivity index (χ3v) is 4.97. The summed E-state index contributed by atoms with van der Waals surface area (Å²) < 4.78 is 13.6. The molecule has 0 aliphatic heterocycles. The molecule has 118 valence electrons. The molecule has 0 bridgehead atoms. The van der Waals surface area contributed by atoms with Crippen molar-refractivity contribution in [3.05, 3.63) is 70.1 Å². The van der Waals surface area contributed by atoms with Crippen molar-refractivity contribution in [2.45, 2.75) is 18.2 Å². The van der Waals surface area contributed by atoms with Crippen LogP contribution in [0.3, 0.4) is 0 Å². The van der Waals surface area contributed by atoms with E-state index in [0.29, 0.717) is 10.5 Å². The zero-order valence-corrected chi connectivity index (χ0v) is 13.4. The number of pyridine rings is 1. The summed E-state index contributed by atoms with van der Waals surface area (Å²) in [6.07, 6.45) is 1.84. The molecular weight excluding hydrogens is 312 g/mol. The van der Waals surface area contributed by atoms with Crippen LogP contribution >= 0.6 is 0 Å². The number of hydrogen-bond acceptors (Lipinski definition) is 4. The fourth-order valence-electron chi connectivity index (χ4n) is 2.37. The summed E-state index contributed by atoms with van der Waals surface area (Å²) >= 11 is 0. The molecule has 5 nitrogen and oxygen atoms in total. The third-order valence-electron chi connectivity index (χ3n) is 3.60. The topological polar surface area (TPSA) is 71.7 Å². The van der Waals surface area contributed by atoms with E-state index in [0.717, 1.165) is 5.56 Å². The minimum absolute atomic E-state index is 0.190. The molecule has 2 heterocycles. The highest BCUT2D eigenvalue weighted by atomic mass is 32.2. The molecule has 1 aromatic carbocycles. The summed E-state index contributed by atoms with van der Waals surface area (Å²) in [6.45, 7) is 1.89. The molecule has 0 aliphatic rings. The van der Waals surface area contributed by atoms with Crippen LogP contribution in [0.1, 0.15) is 11.1 Å². The Morgan fingerprint density at radius 2 is 1.96 bits per heavy atom. The first-order chi connectivity index (χ1) is 11.1. The summed E-state index contributed by atoms with van der Waals surface area (Å²) in [4.78, 5) is 17.2. The first-order valence-corrected chi connectivity index (χ1v) is 8.52. The molecule has 6 heteroatoms. The van der Waals surface area contributed by atoms with Gasteiger partial charge in [-0.15, -0.1) is 0 Å². The van der Waals surface area contributed by atoms with E-state index in [1.54, 1.807) is 30.5 Å². The molecule has 1 N–H and O–H groups in total. The van der Waals surface area contributed by atoms with Crippen molar-refractivity contribution in [2.24, 2.45) is 0 Å². The Bertz CT molecular complexity index is 936. The van der Waals surface area contributed by atoms with Crippen LogP contribution in [0.4, 0.5) is 0 Å². The number of hydrogen-bond donors (Lipinski definition) is 1. The summed E-state index contributed by atoms with van der Waals surface area (Å²) in [7, 11) is -1.22. The van der Waals surface area contributed by atoms with Crippen molar-refractivity contribution in [1.29, 1.82) is 0 Å². The minimum Gasteiger partial charge on any atom is -0.493 e. The van der Waals surface area contributed by atoms with Crippen LogP contribution in [0.2, 0.25) is 0 Å². The highest BCUT2D eigenvalue weighted by molar-refractivity contribution is 7.85. The molecule has 0 radical (unpaired) electrons. The number of aromatic hydroxyl groups is 1. The normalized spacial score (nSPS) is 12.4. The van der Waals surface area contributed by atoms with Gasteiger partial charge in [-0.1, -0.05) is 18.2 Å². The Hall–Kier alpha value is -2.47. The molecule has 3 rings (SSSR count). The van der Waals surface area contributed by atoms with Crippen molar-refractivity contribution < 1.29 is 9.32 Å². The number of benzene rings is 1. The lowest BCUT2D eigenvalue weighted by Crippen LogP contribution is -2.21. The molecule has 2 aromatic heterocycles. The van der Waals surface area contributed by atoms with Gasteiger partial charge in [0, 0.05) is 16.8 Å². The van der Waals surface area contributed by atoms with E-state index in [4.69, 9.17) is 0 Å². The van der Waals surface area contributed by atoms with E-state index >= 15 is 0 Å². The minimum atomic E-state index is -1.22. The predicted octanol–water partition coefficient (Wildman–Crippen LogP) is 2.06. The molecule has 0 aliphatic carbocycles. The Morgan fingerprint density at radius 3 is 2.70 bits per heavy atom. The van der Waals surface area contributed by atoms with Gasteiger partial charge in [-0.25, -0.2) is 0 Å². The lowest BCUT2D eigenvalue weighted by Gasteiger charge is -2.07. The van der Waals surface area contributed by atoms with Crippen LogP contribution in [0.25, 0.3) is 5.65 Å². The second kappa shape index (κ2) is 6.34. The SMILES string of the molecule is Cc1ccn2c(=O)c(CCS(=O)c3ccccc3)c(O)nc2c1. The van der Waals surface area contributed by atoms with Gasteiger partial charge in [0.1, 0.15) is 5.65 Å². The van der Waals surface area contributed by atoms with Gasteiger partial charge >= 0.3 is 0 Å². The van der Waals surface area contributed by atoms with Crippen LogP contribution < -0.4 is 5.56 Å². The standard InChI is InChI=1S/C17H16N2O3S/c1-12-7-9-19-15(11-12)18-16(20)14(17(19)21)8-10-23(22)13-5-3-2-4-6-13/h2-7,9,11,20H,8,10H2,1H3. The van der Waals surface area contributed by atoms with Crippen molar-refractivity contribution in [2.75, 3.05) is 5.75 Å². The predicted molar refractivity (Wildman–Crippen MR) is 89.3 cm³/mol. The molecule has 0 fully saturated rings. The fourth-order valence-corrected chi connectivity index (χ4v) is 3.45. The Kier molecular flexibility index (Phi) is 4.25. The largest absolute Gasteiger partial charge is 0.493 e. The van der Waals surface area contributed by atoms with E-state index in [2.05, 4.69) is 4.98 Å². The molecule has 1 atom stereocenters. The van der Waals surface area contributed by atoms with E-state index < -0.39 is 10.8 Å². The summed E-state index contributed by atoms with van der Waals surface area (Å²) in [5, 5.41) is 10.0. The Morgan fingerprint density at radius 1 is 1.22 bits per heavy atom. The maximum absolute atomic E-state index is 12.5. The van der Waals surface area contributed by atoms with E-state index in [1.807, 2.05) is 25.1 Å². The average molecular weight is 328 g/mol. The number of aryl methyl sites for hydroxylation is 1. The van der Waals surface area contributed by atoms with Crippen molar-refractivity contribution in [1.82, 2.24) is 9.38 Å². The first kappa shape index (κ1) is 15.4. The molecule has 0 spiro atoms. The molecule has 23 heavy (non-hydrogen) atoms. The highest BCUT2D eigenvalue weighted by Crippen LogP contribution is 2.14. The molecule has 0 amide bonds. The van der Waals surface area contributed by atoms with Gasteiger partial charge in [0.2, 0.25) is 5.88 Å². The van der Waals surface area contributed by atoms with Gasteiger partial charge in [-0.05, 0) is 43.2 Å². The van der Waals surface area contributed by atoms with Gasteiger partial charge < -0.3 is 5.11 Å². The second-order valence-corrected chi connectivity index (χ2v) is 6.83. The first-order valence-electron chi connectivity index (χ1n) is 7.20. The maximum atomic E-state index is 12.5. The lowest BCUT2D eigenvalue weighted by atomic mass is 10.2. The summed E-state index contributed by atoms with van der Waals surface area (Å²) in [5.74, 6) is -0.0301. The number of fused-ring (bicyclic) bond motifs is 1. The van der Waals surface area contributed by atoms with Crippen molar-refractivity contribution >= 4 is 16.4 Å². The Balaban J connectivity index is 1.90. The van der Waals surface area contributed by atoms with E-state index in [1.165, 1.54) is 4.40 Å². The van der Waals surface area contributed by atoms with Crippen molar-refractivity contribution in [3.63, 3.8) is 0 Å². The quantitative estimate of drug-likeness (QED) is 0.796. The molecule has 1 unspecified atom stereocenters. The number of rotatable bonds is 4. The van der Waals surface area contributed by atoms with Gasteiger partial charge in [-0.2, -0.15) is 4.98 Å². The van der Waals surface area contributed by atoms with E-state index in [9.17, 15) is 14.1 Å². The Labute approximate surface area is 135 Å². The number of aromatic nitrogens is 2. The van der Waals surface area contributed by atoms with Gasteiger partial charge in [0.05, 0.1) is 16.4 Å². The fraction of sp³-hybridized carbons (Fsp3) is 0.176. The number of nitrogens with zero attached hydrogens (tertiary/aromatic N) is 2. The molecular formula is C17H16N2O3S. The zero-order valence-electron chi connectivity index (χ0n) is 12.6. The van der Waals surface area contributed by atoms with Crippen LogP contribution in [-0.2, 0) is 17.2 Å². The third kappa shape index (κ3) is 3.17. The van der Waals surface area contributed by atoms with Gasteiger partial charge in [0.25, 0.3) is 5.56 Å². The summed E-state index contributed by atoms with van der Waals surface area (Å²) in [5.41, 5.74) is 1.22. The van der Waals surface area contributed by atoms with Gasteiger partial charge in [-0.3, -0.25) is 13.4 Å². The highest BCUT2D eigenvalue weighted by Gasteiger charge is 2.14. The smallest absolute Gasteiger partial charge is 0.264 e. The summed E-state index contributed by atoms with van der Waals surface area (Å²) in [6, 6.07) is 12.6. The second-order valence-electron chi connectivity index (χ2n) is 5.26. The van der Waals surface area contributed by atoms with Crippen LogP contribution in [0.15, 0.2) is 58.4 Å². The van der Waals surface area contributed by atoms with Gasteiger partial charge in [0.15, 0.2) is 0 Å². The molecule has 0 saturated carbocycles. The van der Waals surface area contributed by atoms with Crippen LogP contribution in [-0.4, -0.2) is 24.5 Å². The lowest BCUT2D eigenvalue weighted by molar-refractivity contribution is 0.445. The molecule has 3 aromatic rings. The maximum Gasteiger partial charge on any atom is 0.264 e. The zero-order chi connectivity index (χ0) is 16.4. The van der Waals surface area contributed by atoms with Crippen LogP contribution in [0, 0.1) is 6.92 Å². The molecule has 0 saturated heterocycles. The monoisotopic (exact) mass is 328 g/mol. The van der Waals surface area contributed by atoms with Crippen LogP contribution in [0.5, 0.6) is 5.88 Å².